The minimum absolute atomic E-state index is 0.123. The minimum Gasteiger partial charge on any atom is -0.497 e. The highest BCUT2D eigenvalue weighted by Gasteiger charge is 2.35. The predicted molar refractivity (Wildman–Crippen MR) is 230 cm³/mol. The monoisotopic (exact) mass is 795 g/mol. The molecule has 0 saturated carbocycles. The van der Waals surface area contributed by atoms with Gasteiger partial charge in [-0.05, 0) is 91.8 Å². The van der Waals surface area contributed by atoms with Crippen LogP contribution in [0.4, 0.5) is 17.1 Å². The number of nitrogens with zero attached hydrogens (tertiary/aromatic N) is 4. The number of carbonyl (C=O) groups excluding carboxylic acids is 2. The van der Waals surface area contributed by atoms with E-state index in [1.807, 2.05) is 49.1 Å². The molecule has 0 unspecified atom stereocenters. The number of ether oxygens (including phenoxy) is 5. The van der Waals surface area contributed by atoms with Crippen molar-refractivity contribution in [3.63, 3.8) is 0 Å². The summed E-state index contributed by atoms with van der Waals surface area (Å²) in [6.45, 7) is 5.12. The summed E-state index contributed by atoms with van der Waals surface area (Å²) in [6, 6.07) is 23.2. The average molecular weight is 796 g/mol. The van der Waals surface area contributed by atoms with Crippen LogP contribution >= 0.6 is 0 Å². The number of benzene rings is 4. The normalized spacial score (nSPS) is 17.7. The van der Waals surface area contributed by atoms with E-state index < -0.39 is 0 Å². The number of anilines is 1. The summed E-state index contributed by atoms with van der Waals surface area (Å²) < 4.78 is 28.9. The van der Waals surface area contributed by atoms with Crippen molar-refractivity contribution in [2.75, 3.05) is 39.9 Å². The molecule has 12 nitrogen and oxygen atoms in total. The van der Waals surface area contributed by atoms with Gasteiger partial charge in [-0.2, -0.15) is 0 Å². The Labute approximate surface area is 344 Å². The molecule has 0 aromatic heterocycles. The van der Waals surface area contributed by atoms with Crippen LogP contribution in [0.2, 0.25) is 0 Å². The van der Waals surface area contributed by atoms with Gasteiger partial charge in [0, 0.05) is 61.5 Å². The van der Waals surface area contributed by atoms with Gasteiger partial charge in [-0.3, -0.25) is 19.6 Å². The molecule has 12 heteroatoms. The molecular formula is C47H49N5O7. The summed E-state index contributed by atoms with van der Waals surface area (Å²) >= 11 is 0. The summed E-state index contributed by atoms with van der Waals surface area (Å²) in [5.74, 6) is 2.56. The third-order valence-electron chi connectivity index (χ3n) is 10.9. The maximum absolute atomic E-state index is 13.8. The van der Waals surface area contributed by atoms with Crippen molar-refractivity contribution in [2.45, 2.75) is 64.1 Å². The fraction of sp³-hybridized carbons (Fsp3) is 0.319. The largest absolute Gasteiger partial charge is 0.497 e. The number of carbonyl (C=O) groups is 2. The number of hydrogen-bond acceptors (Lipinski definition) is 10. The average Bonchev–Trinajstić information content (AvgIpc) is 3.83. The molecule has 304 valence electrons. The van der Waals surface area contributed by atoms with Crippen LogP contribution in [-0.4, -0.2) is 86.7 Å². The molecule has 0 saturated heterocycles. The molecule has 4 aromatic carbocycles. The Kier molecular flexibility index (Phi) is 11.4. The van der Waals surface area contributed by atoms with Gasteiger partial charge in [-0.25, -0.2) is 0 Å². The summed E-state index contributed by atoms with van der Waals surface area (Å²) in [5, 5.41) is 3.42. The molecule has 2 amide bonds. The molecule has 0 bridgehead atoms. The smallest absolute Gasteiger partial charge is 0.260 e. The van der Waals surface area contributed by atoms with E-state index in [-0.39, 0.29) is 23.9 Å². The molecule has 8 rings (SSSR count). The van der Waals surface area contributed by atoms with E-state index >= 15 is 0 Å². The van der Waals surface area contributed by atoms with Crippen LogP contribution < -0.4 is 29.0 Å². The molecule has 1 N–H and O–H groups in total. The maximum Gasteiger partial charge on any atom is 0.260 e. The lowest BCUT2D eigenvalue weighted by atomic mass is 10.0. The van der Waals surface area contributed by atoms with E-state index in [1.54, 1.807) is 55.4 Å². The Morgan fingerprint density at radius 1 is 0.627 bits per heavy atom. The van der Waals surface area contributed by atoms with Gasteiger partial charge in [0.15, 0.2) is 23.0 Å². The van der Waals surface area contributed by atoms with Crippen molar-refractivity contribution < 1.29 is 33.3 Å². The van der Waals surface area contributed by atoms with E-state index in [0.717, 1.165) is 53.0 Å². The van der Waals surface area contributed by atoms with Crippen molar-refractivity contribution in [1.29, 1.82) is 0 Å². The number of nitrogens with one attached hydrogen (secondary N) is 1. The van der Waals surface area contributed by atoms with Gasteiger partial charge in [0.25, 0.3) is 11.8 Å². The Bertz CT molecular complexity index is 2350. The summed E-state index contributed by atoms with van der Waals surface area (Å²) in [6.07, 6.45) is 11.3. The highest BCUT2D eigenvalue weighted by molar-refractivity contribution is 6.06. The molecular weight excluding hydrogens is 747 g/mol. The van der Waals surface area contributed by atoms with Gasteiger partial charge in [0.2, 0.25) is 0 Å². The molecule has 59 heavy (non-hydrogen) atoms. The lowest BCUT2D eigenvalue weighted by molar-refractivity contribution is 0.0809. The van der Waals surface area contributed by atoms with Crippen LogP contribution in [0.15, 0.2) is 95.2 Å². The zero-order chi connectivity index (χ0) is 41.0. The van der Waals surface area contributed by atoms with Gasteiger partial charge in [-0.15, -0.1) is 0 Å². The number of fused-ring (bicyclic) bond motifs is 4. The van der Waals surface area contributed by atoms with Crippen molar-refractivity contribution in [1.82, 2.24) is 9.80 Å². The SMILES string of the molecule is COc1ccc(C2=CN3C(=O)c4cc(OC)c(OCCCCCOc5cc6c(cc5OC)C(=O)N5C=C(c7ccc(NC(C)C)cc7)C[C@H]5C=N6)cc4N=C[C@@H]3C2)cc1. The van der Waals surface area contributed by atoms with Gasteiger partial charge in [0.05, 0.1) is 69.1 Å². The first-order valence-electron chi connectivity index (χ1n) is 20.1. The first-order chi connectivity index (χ1) is 28.7. The van der Waals surface area contributed by atoms with Gasteiger partial charge in [0.1, 0.15) is 5.75 Å². The zero-order valence-corrected chi connectivity index (χ0v) is 34.1. The molecule has 0 aliphatic carbocycles. The second kappa shape index (κ2) is 17.1. The number of aliphatic imine (C=N–C) groups is 2. The topological polar surface area (TPSA) is 124 Å². The van der Waals surface area contributed by atoms with Crippen molar-refractivity contribution in [3.05, 3.63) is 107 Å². The van der Waals surface area contributed by atoms with Crippen molar-refractivity contribution >= 4 is 52.5 Å². The Hall–Kier alpha value is -6.56. The van der Waals surface area contributed by atoms with E-state index in [1.165, 1.54) is 0 Å². The highest BCUT2D eigenvalue weighted by Crippen LogP contribution is 2.42. The zero-order valence-electron chi connectivity index (χ0n) is 34.1. The van der Waals surface area contributed by atoms with E-state index in [2.05, 4.69) is 43.4 Å². The van der Waals surface area contributed by atoms with Crippen LogP contribution in [0.25, 0.3) is 11.1 Å². The number of methoxy groups -OCH3 is 3. The standard InChI is InChI=1S/C47H49N5O7/c1-29(2)50-34-13-9-30(10-14-34)32-19-35-25-48-40-23-44(42(56-4)21-38(40)46(53)51(35)27-32)58-17-7-6-8-18-59-45-24-41-39(22-43(45)57-5)47(54)52-28-33(20-36(52)26-49-41)31-11-15-37(55-3)16-12-31/h9-16,21-29,35-36,50H,6-8,17-20H2,1-5H3/t35-,36-/m0/s1. The molecule has 0 spiro atoms. The van der Waals surface area contributed by atoms with Crippen LogP contribution in [0, 0.1) is 0 Å². The number of unbranched alkanes of at least 4 members (excludes halogenated alkanes) is 2. The number of amides is 2. The fourth-order valence-electron chi connectivity index (χ4n) is 7.81. The van der Waals surface area contributed by atoms with Crippen molar-refractivity contribution in [2.24, 2.45) is 9.98 Å². The minimum atomic E-state index is -0.184. The van der Waals surface area contributed by atoms with Gasteiger partial charge in [-0.1, -0.05) is 24.3 Å². The number of rotatable bonds is 15. The highest BCUT2D eigenvalue weighted by atomic mass is 16.5. The molecule has 2 atom stereocenters. The predicted octanol–water partition coefficient (Wildman–Crippen LogP) is 9.10. The van der Waals surface area contributed by atoms with Crippen LogP contribution in [-0.2, 0) is 0 Å². The van der Waals surface area contributed by atoms with Crippen LogP contribution in [0.3, 0.4) is 0 Å². The molecule has 0 radical (unpaired) electrons. The summed E-state index contributed by atoms with van der Waals surface area (Å²) in [7, 11) is 4.78. The molecule has 4 aliphatic heterocycles. The van der Waals surface area contributed by atoms with E-state index in [9.17, 15) is 9.59 Å². The quantitative estimate of drug-likeness (QED) is 0.118. The Morgan fingerprint density at radius 2 is 1.10 bits per heavy atom. The summed E-state index contributed by atoms with van der Waals surface area (Å²) in [4.78, 5) is 40.5. The fourth-order valence-corrected chi connectivity index (χ4v) is 7.81. The van der Waals surface area contributed by atoms with Gasteiger partial charge >= 0.3 is 0 Å². The first-order valence-corrected chi connectivity index (χ1v) is 20.1. The number of hydrogen-bond donors (Lipinski definition) is 1. The molecule has 4 heterocycles. The third kappa shape index (κ3) is 8.25. The van der Waals surface area contributed by atoms with E-state index in [4.69, 9.17) is 33.7 Å². The molecule has 0 fully saturated rings. The third-order valence-corrected chi connectivity index (χ3v) is 10.9. The Morgan fingerprint density at radius 3 is 1.54 bits per heavy atom. The lowest BCUT2D eigenvalue weighted by Gasteiger charge is -2.19. The second-order valence-corrected chi connectivity index (χ2v) is 15.2. The summed E-state index contributed by atoms with van der Waals surface area (Å²) in [5.41, 5.74) is 7.39. The first kappa shape index (κ1) is 39.3. The van der Waals surface area contributed by atoms with Crippen molar-refractivity contribution in [3.8, 4) is 28.7 Å². The molecule has 4 aliphatic rings. The maximum atomic E-state index is 13.8. The molecule has 4 aromatic rings. The van der Waals surface area contributed by atoms with E-state index in [0.29, 0.717) is 77.6 Å². The van der Waals surface area contributed by atoms with Crippen LogP contribution in [0.1, 0.15) is 77.8 Å². The lowest BCUT2D eigenvalue weighted by Crippen LogP contribution is -2.32. The second-order valence-electron chi connectivity index (χ2n) is 15.2. The Balaban J connectivity index is 0.841. The van der Waals surface area contributed by atoms with Crippen LogP contribution in [0.5, 0.6) is 28.7 Å². The van der Waals surface area contributed by atoms with Gasteiger partial charge < -0.3 is 38.8 Å².